The fourth-order valence-corrected chi connectivity index (χ4v) is 2.00. The van der Waals surface area contributed by atoms with Crippen LogP contribution in [0.5, 0.6) is 5.75 Å². The predicted octanol–water partition coefficient (Wildman–Crippen LogP) is 3.74. The van der Waals surface area contributed by atoms with Gasteiger partial charge in [-0.05, 0) is 35.0 Å². The van der Waals surface area contributed by atoms with Crippen molar-refractivity contribution in [3.63, 3.8) is 0 Å². The first kappa shape index (κ1) is 15.4. The summed E-state index contributed by atoms with van der Waals surface area (Å²) < 4.78 is 32.0. The monoisotopic (exact) mass is 321 g/mol. The van der Waals surface area contributed by atoms with Gasteiger partial charge in [0.05, 0.1) is 11.1 Å². The van der Waals surface area contributed by atoms with Gasteiger partial charge in [-0.3, -0.25) is 0 Å². The second kappa shape index (κ2) is 7.69. The molecular weight excluding hydrogens is 304 g/mol. The van der Waals surface area contributed by atoms with Crippen LogP contribution >= 0.6 is 15.9 Å². The third-order valence-corrected chi connectivity index (χ3v) is 2.98. The molecule has 0 amide bonds. The standard InChI is InChI=1S/C13H18BrF2NO/c1-3-4-17-7-9(2)8-18-13-11(14)5-10(15)6-12(13)16/h5-6,9,17H,3-4,7-8H2,1-2H3. The Balaban J connectivity index is 2.48. The van der Waals surface area contributed by atoms with Crippen LogP contribution in [0.3, 0.4) is 0 Å². The summed E-state index contributed by atoms with van der Waals surface area (Å²) in [5.41, 5.74) is 0. The van der Waals surface area contributed by atoms with Crippen molar-refractivity contribution in [2.24, 2.45) is 5.92 Å². The van der Waals surface area contributed by atoms with Crippen molar-refractivity contribution in [2.45, 2.75) is 20.3 Å². The van der Waals surface area contributed by atoms with Gasteiger partial charge >= 0.3 is 0 Å². The van der Waals surface area contributed by atoms with E-state index in [0.717, 1.165) is 25.6 Å². The van der Waals surface area contributed by atoms with Gasteiger partial charge in [-0.15, -0.1) is 0 Å². The van der Waals surface area contributed by atoms with Gasteiger partial charge in [0.2, 0.25) is 0 Å². The maximum Gasteiger partial charge on any atom is 0.169 e. The first-order valence-corrected chi connectivity index (χ1v) is 6.82. The van der Waals surface area contributed by atoms with Gasteiger partial charge in [-0.2, -0.15) is 0 Å². The molecule has 0 saturated heterocycles. The van der Waals surface area contributed by atoms with Gasteiger partial charge < -0.3 is 10.1 Å². The Morgan fingerprint density at radius 1 is 1.39 bits per heavy atom. The SMILES string of the molecule is CCCNCC(C)COc1c(F)cc(F)cc1Br. The minimum Gasteiger partial charge on any atom is -0.489 e. The fraction of sp³-hybridized carbons (Fsp3) is 0.538. The predicted molar refractivity (Wildman–Crippen MR) is 71.9 cm³/mol. The number of nitrogens with one attached hydrogen (secondary N) is 1. The molecule has 0 bridgehead atoms. The average Bonchev–Trinajstić information content (AvgIpc) is 2.27. The highest BCUT2D eigenvalue weighted by molar-refractivity contribution is 9.10. The Hall–Kier alpha value is -0.680. The van der Waals surface area contributed by atoms with E-state index in [1.807, 2.05) is 6.92 Å². The summed E-state index contributed by atoms with van der Waals surface area (Å²) >= 11 is 3.09. The van der Waals surface area contributed by atoms with E-state index in [0.29, 0.717) is 11.1 Å². The first-order chi connectivity index (χ1) is 8.54. The van der Waals surface area contributed by atoms with E-state index < -0.39 is 11.6 Å². The molecule has 0 fully saturated rings. The van der Waals surface area contributed by atoms with Gasteiger partial charge in [-0.25, -0.2) is 8.78 Å². The van der Waals surface area contributed by atoms with Gasteiger partial charge in [0.15, 0.2) is 11.6 Å². The van der Waals surface area contributed by atoms with Crippen molar-refractivity contribution in [2.75, 3.05) is 19.7 Å². The van der Waals surface area contributed by atoms with Crippen LogP contribution in [-0.2, 0) is 0 Å². The lowest BCUT2D eigenvalue weighted by molar-refractivity contribution is 0.243. The number of hydrogen-bond acceptors (Lipinski definition) is 2. The Kier molecular flexibility index (Phi) is 6.57. The highest BCUT2D eigenvalue weighted by Gasteiger charge is 2.12. The number of benzene rings is 1. The first-order valence-electron chi connectivity index (χ1n) is 6.02. The average molecular weight is 322 g/mol. The van der Waals surface area contributed by atoms with Crippen LogP contribution in [0.15, 0.2) is 16.6 Å². The molecule has 0 aliphatic rings. The molecule has 0 heterocycles. The molecule has 0 saturated carbocycles. The summed E-state index contributed by atoms with van der Waals surface area (Å²) in [5.74, 6) is -0.980. The molecule has 1 rings (SSSR count). The normalized spacial score (nSPS) is 12.5. The van der Waals surface area contributed by atoms with E-state index in [-0.39, 0.29) is 11.7 Å². The zero-order valence-electron chi connectivity index (χ0n) is 10.6. The lowest BCUT2D eigenvalue weighted by Crippen LogP contribution is -2.25. The highest BCUT2D eigenvalue weighted by Crippen LogP contribution is 2.29. The lowest BCUT2D eigenvalue weighted by atomic mass is 10.2. The molecule has 1 aromatic rings. The van der Waals surface area contributed by atoms with E-state index in [2.05, 4.69) is 28.2 Å². The van der Waals surface area contributed by atoms with Crippen molar-refractivity contribution < 1.29 is 13.5 Å². The summed E-state index contributed by atoms with van der Waals surface area (Å²) in [7, 11) is 0. The third-order valence-electron chi connectivity index (χ3n) is 2.39. The molecule has 1 N–H and O–H groups in total. The Morgan fingerprint density at radius 3 is 2.72 bits per heavy atom. The van der Waals surface area contributed by atoms with Crippen LogP contribution in [-0.4, -0.2) is 19.7 Å². The van der Waals surface area contributed by atoms with Gasteiger partial charge in [0.25, 0.3) is 0 Å². The topological polar surface area (TPSA) is 21.3 Å². The number of halogens is 3. The summed E-state index contributed by atoms with van der Waals surface area (Å²) in [5, 5.41) is 3.26. The smallest absolute Gasteiger partial charge is 0.169 e. The molecule has 5 heteroatoms. The molecule has 0 radical (unpaired) electrons. The maximum atomic E-state index is 13.5. The van der Waals surface area contributed by atoms with Crippen LogP contribution in [0.25, 0.3) is 0 Å². The van der Waals surface area contributed by atoms with Crippen LogP contribution in [0.2, 0.25) is 0 Å². The molecule has 0 aromatic heterocycles. The summed E-state index contributed by atoms with van der Waals surface area (Å²) in [6.07, 6.45) is 1.08. The second-order valence-corrected chi connectivity index (χ2v) is 5.17. The fourth-order valence-electron chi connectivity index (χ4n) is 1.48. The second-order valence-electron chi connectivity index (χ2n) is 4.32. The minimum absolute atomic E-state index is 0.0683. The van der Waals surface area contributed by atoms with Crippen molar-refractivity contribution in [3.05, 3.63) is 28.2 Å². The molecule has 18 heavy (non-hydrogen) atoms. The largest absolute Gasteiger partial charge is 0.489 e. The Bertz CT molecular complexity index is 364. The van der Waals surface area contributed by atoms with Crippen LogP contribution in [0.4, 0.5) is 8.78 Å². The number of ether oxygens (including phenoxy) is 1. The van der Waals surface area contributed by atoms with Gasteiger partial charge in [0, 0.05) is 18.5 Å². The van der Waals surface area contributed by atoms with E-state index in [4.69, 9.17) is 4.74 Å². The van der Waals surface area contributed by atoms with Crippen LogP contribution in [0, 0.1) is 17.6 Å². The quantitative estimate of drug-likeness (QED) is 0.772. The van der Waals surface area contributed by atoms with Gasteiger partial charge in [-0.1, -0.05) is 13.8 Å². The summed E-state index contributed by atoms with van der Waals surface area (Å²) in [6.45, 7) is 6.27. The van der Waals surface area contributed by atoms with Crippen molar-refractivity contribution in [1.82, 2.24) is 5.32 Å². The molecule has 102 valence electrons. The minimum atomic E-state index is -0.685. The van der Waals surface area contributed by atoms with E-state index in [1.165, 1.54) is 6.07 Å². The van der Waals surface area contributed by atoms with E-state index >= 15 is 0 Å². The molecule has 0 spiro atoms. The van der Waals surface area contributed by atoms with Crippen molar-refractivity contribution in [1.29, 1.82) is 0 Å². The van der Waals surface area contributed by atoms with Gasteiger partial charge in [0.1, 0.15) is 5.82 Å². The Labute approximate surface area is 115 Å². The number of hydrogen-bond donors (Lipinski definition) is 1. The summed E-state index contributed by atoms with van der Waals surface area (Å²) in [6, 6.07) is 2.01. The Morgan fingerprint density at radius 2 is 2.11 bits per heavy atom. The molecule has 1 unspecified atom stereocenters. The number of rotatable bonds is 7. The van der Waals surface area contributed by atoms with E-state index in [9.17, 15) is 8.78 Å². The highest BCUT2D eigenvalue weighted by atomic mass is 79.9. The summed E-state index contributed by atoms with van der Waals surface area (Å²) in [4.78, 5) is 0. The van der Waals surface area contributed by atoms with Crippen LogP contribution in [0.1, 0.15) is 20.3 Å². The third kappa shape index (κ3) is 4.90. The van der Waals surface area contributed by atoms with E-state index in [1.54, 1.807) is 0 Å². The molecule has 2 nitrogen and oxygen atoms in total. The molecule has 0 aliphatic heterocycles. The lowest BCUT2D eigenvalue weighted by Gasteiger charge is -2.15. The van der Waals surface area contributed by atoms with Crippen LogP contribution < -0.4 is 10.1 Å². The molecule has 1 aromatic carbocycles. The molecule has 1 atom stereocenters. The van der Waals surface area contributed by atoms with Crippen molar-refractivity contribution in [3.8, 4) is 5.75 Å². The molecular formula is C13H18BrF2NO. The zero-order valence-corrected chi connectivity index (χ0v) is 12.2. The maximum absolute atomic E-state index is 13.5. The van der Waals surface area contributed by atoms with Crippen molar-refractivity contribution >= 4 is 15.9 Å². The molecule has 0 aliphatic carbocycles. The zero-order chi connectivity index (χ0) is 13.5.